The number of carbonyl (C=O) groups excluding carboxylic acids is 1. The Balaban J connectivity index is 2.14. The first-order valence-electron chi connectivity index (χ1n) is 9.56. The van der Waals surface area contributed by atoms with Crippen LogP contribution in [0, 0.1) is 0 Å². The third-order valence-electron chi connectivity index (χ3n) is 4.69. The Morgan fingerprint density at radius 1 is 1.11 bits per heavy atom. The van der Waals surface area contributed by atoms with Crippen LogP contribution in [0.4, 0.5) is 0 Å². The molecular formula is C20H29NO6. The van der Waals surface area contributed by atoms with Crippen molar-refractivity contribution in [1.82, 2.24) is 4.90 Å². The number of piperidine rings is 1. The lowest BCUT2D eigenvalue weighted by Crippen LogP contribution is -2.50. The molecule has 1 aromatic rings. The topological polar surface area (TPSA) is 96.3 Å². The zero-order chi connectivity index (χ0) is 19.9. The molecule has 1 fully saturated rings. The van der Waals surface area contributed by atoms with Gasteiger partial charge in [0.15, 0.2) is 5.60 Å². The van der Waals surface area contributed by atoms with E-state index in [-0.39, 0.29) is 31.8 Å². The second-order valence-corrected chi connectivity index (χ2v) is 6.84. The largest absolute Gasteiger partial charge is 0.493 e. The summed E-state index contributed by atoms with van der Waals surface area (Å²) in [5.74, 6) is -0.341. The molecule has 2 N–H and O–H groups in total. The number of rotatable bonds is 9. The highest BCUT2D eigenvalue weighted by Gasteiger charge is 2.40. The molecule has 0 atom stereocenters. The predicted molar refractivity (Wildman–Crippen MR) is 100 cm³/mol. The summed E-state index contributed by atoms with van der Waals surface area (Å²) < 4.78 is 11.5. The predicted octanol–water partition coefficient (Wildman–Crippen LogP) is 2.71. The molecule has 2 rings (SSSR count). The monoisotopic (exact) mass is 379 g/mol. The summed E-state index contributed by atoms with van der Waals surface area (Å²) in [5, 5.41) is 19.2. The Hall–Kier alpha value is -2.28. The molecule has 1 aliphatic rings. The van der Waals surface area contributed by atoms with Gasteiger partial charge in [-0.2, -0.15) is 0 Å². The Kier molecular flexibility index (Phi) is 7.47. The summed E-state index contributed by atoms with van der Waals surface area (Å²) in [6.45, 7) is 5.54. The fourth-order valence-electron chi connectivity index (χ4n) is 2.90. The molecule has 7 nitrogen and oxygen atoms in total. The molecule has 7 heteroatoms. The van der Waals surface area contributed by atoms with Crippen molar-refractivity contribution in [3.63, 3.8) is 0 Å². The number of hydrogen-bond donors (Lipinski definition) is 2. The molecule has 0 saturated carbocycles. The van der Waals surface area contributed by atoms with Crippen LogP contribution >= 0.6 is 0 Å². The van der Waals surface area contributed by atoms with Crippen LogP contribution in [-0.4, -0.2) is 58.9 Å². The van der Waals surface area contributed by atoms with Crippen LogP contribution in [0.2, 0.25) is 0 Å². The van der Waals surface area contributed by atoms with Gasteiger partial charge in [0.05, 0.1) is 18.8 Å². The number of amides is 1. The van der Waals surface area contributed by atoms with Gasteiger partial charge in [0, 0.05) is 32.0 Å². The van der Waals surface area contributed by atoms with E-state index in [2.05, 4.69) is 6.92 Å². The third-order valence-corrected chi connectivity index (χ3v) is 4.69. The van der Waals surface area contributed by atoms with Crippen molar-refractivity contribution in [2.75, 3.05) is 26.3 Å². The van der Waals surface area contributed by atoms with Gasteiger partial charge in [0.25, 0.3) is 5.91 Å². The second kappa shape index (κ2) is 9.60. The van der Waals surface area contributed by atoms with Crippen molar-refractivity contribution in [3.8, 4) is 11.5 Å². The summed E-state index contributed by atoms with van der Waals surface area (Å²) in [6, 6.07) is 5.16. The first-order valence-corrected chi connectivity index (χ1v) is 9.56. The SMILES string of the molecule is CCCCOc1cc(OCCC)ccc1C(=O)N1CCC(O)(C(=O)O)CC1. The van der Waals surface area contributed by atoms with Crippen molar-refractivity contribution < 1.29 is 29.3 Å². The summed E-state index contributed by atoms with van der Waals surface area (Å²) in [4.78, 5) is 25.7. The quantitative estimate of drug-likeness (QED) is 0.641. The Bertz CT molecular complexity index is 652. The molecule has 0 radical (unpaired) electrons. The highest BCUT2D eigenvalue weighted by atomic mass is 16.5. The minimum absolute atomic E-state index is 0.0117. The van der Waals surface area contributed by atoms with E-state index in [1.165, 1.54) is 0 Å². The van der Waals surface area contributed by atoms with Crippen molar-refractivity contribution in [2.24, 2.45) is 0 Å². The molecule has 0 bridgehead atoms. The van der Waals surface area contributed by atoms with E-state index >= 15 is 0 Å². The van der Waals surface area contributed by atoms with Gasteiger partial charge >= 0.3 is 5.97 Å². The average Bonchev–Trinajstić information content (AvgIpc) is 2.66. The van der Waals surface area contributed by atoms with Crippen LogP contribution in [-0.2, 0) is 4.79 Å². The molecule has 1 amide bonds. The van der Waals surface area contributed by atoms with E-state index < -0.39 is 11.6 Å². The highest BCUT2D eigenvalue weighted by Crippen LogP contribution is 2.29. The smallest absolute Gasteiger partial charge is 0.335 e. The van der Waals surface area contributed by atoms with Crippen LogP contribution in [0.5, 0.6) is 11.5 Å². The van der Waals surface area contributed by atoms with Crippen LogP contribution in [0.15, 0.2) is 18.2 Å². The molecule has 0 aliphatic carbocycles. The van der Waals surface area contributed by atoms with Gasteiger partial charge in [-0.3, -0.25) is 4.79 Å². The summed E-state index contributed by atoms with van der Waals surface area (Å²) in [7, 11) is 0. The number of carboxylic acid groups (broad SMARTS) is 1. The Morgan fingerprint density at radius 3 is 2.41 bits per heavy atom. The van der Waals surface area contributed by atoms with Crippen LogP contribution in [0.25, 0.3) is 0 Å². The number of hydrogen-bond acceptors (Lipinski definition) is 5. The van der Waals surface area contributed by atoms with Gasteiger partial charge in [-0.15, -0.1) is 0 Å². The molecule has 0 aromatic heterocycles. The van der Waals surface area contributed by atoms with Gasteiger partial charge in [0.2, 0.25) is 0 Å². The second-order valence-electron chi connectivity index (χ2n) is 6.84. The lowest BCUT2D eigenvalue weighted by Gasteiger charge is -2.35. The maximum absolute atomic E-state index is 12.9. The van der Waals surface area contributed by atoms with Crippen LogP contribution in [0.3, 0.4) is 0 Å². The molecule has 150 valence electrons. The maximum atomic E-state index is 12.9. The lowest BCUT2D eigenvalue weighted by molar-refractivity contribution is -0.162. The summed E-state index contributed by atoms with van der Waals surface area (Å²) in [6.07, 6.45) is 2.76. The number of aliphatic hydroxyl groups is 1. The first kappa shape index (κ1) is 21.0. The Morgan fingerprint density at radius 2 is 1.81 bits per heavy atom. The number of nitrogens with zero attached hydrogens (tertiary/aromatic N) is 1. The molecule has 1 aliphatic heterocycles. The fourth-order valence-corrected chi connectivity index (χ4v) is 2.90. The van der Waals surface area contributed by atoms with Gasteiger partial charge in [-0.05, 0) is 25.0 Å². The van der Waals surface area contributed by atoms with Crippen molar-refractivity contribution in [3.05, 3.63) is 23.8 Å². The van der Waals surface area contributed by atoms with E-state index in [1.54, 1.807) is 23.1 Å². The van der Waals surface area contributed by atoms with Crippen molar-refractivity contribution in [2.45, 2.75) is 51.6 Å². The Labute approximate surface area is 159 Å². The fraction of sp³-hybridized carbons (Fsp3) is 0.600. The van der Waals surface area contributed by atoms with Gasteiger partial charge < -0.3 is 24.6 Å². The van der Waals surface area contributed by atoms with Crippen molar-refractivity contribution >= 4 is 11.9 Å². The molecule has 1 saturated heterocycles. The van der Waals surface area contributed by atoms with E-state index in [9.17, 15) is 14.7 Å². The molecule has 1 heterocycles. The molecule has 1 aromatic carbocycles. The number of unbranched alkanes of at least 4 members (excludes halogenated alkanes) is 1. The molecule has 0 spiro atoms. The maximum Gasteiger partial charge on any atom is 0.335 e. The number of likely N-dealkylation sites (tertiary alicyclic amines) is 1. The molecular weight excluding hydrogens is 350 g/mol. The molecule has 0 unspecified atom stereocenters. The van der Waals surface area contributed by atoms with E-state index in [4.69, 9.17) is 14.6 Å². The summed E-state index contributed by atoms with van der Waals surface area (Å²) >= 11 is 0. The van der Waals surface area contributed by atoms with E-state index in [0.717, 1.165) is 19.3 Å². The minimum Gasteiger partial charge on any atom is -0.493 e. The molecule has 27 heavy (non-hydrogen) atoms. The summed E-state index contributed by atoms with van der Waals surface area (Å²) in [5.41, 5.74) is -1.33. The first-order chi connectivity index (χ1) is 12.9. The average molecular weight is 379 g/mol. The van der Waals surface area contributed by atoms with Gasteiger partial charge in [-0.25, -0.2) is 4.79 Å². The van der Waals surface area contributed by atoms with Crippen molar-refractivity contribution in [1.29, 1.82) is 0 Å². The van der Waals surface area contributed by atoms with E-state index in [1.807, 2.05) is 6.92 Å². The number of benzene rings is 1. The highest BCUT2D eigenvalue weighted by molar-refractivity contribution is 5.97. The van der Waals surface area contributed by atoms with Gasteiger partial charge in [-0.1, -0.05) is 20.3 Å². The van der Waals surface area contributed by atoms with Gasteiger partial charge in [0.1, 0.15) is 11.5 Å². The number of ether oxygens (including phenoxy) is 2. The standard InChI is InChI=1S/C20H29NO6/c1-3-5-13-27-17-14-15(26-12-4-2)6-7-16(17)18(22)21-10-8-20(25,9-11-21)19(23)24/h6-7,14,25H,3-5,8-13H2,1-2H3,(H,23,24). The lowest BCUT2D eigenvalue weighted by atomic mass is 9.91. The van der Waals surface area contributed by atoms with Crippen LogP contribution < -0.4 is 9.47 Å². The number of carboxylic acids is 1. The number of carbonyl (C=O) groups is 2. The number of aliphatic carboxylic acids is 1. The zero-order valence-corrected chi connectivity index (χ0v) is 16.1. The van der Waals surface area contributed by atoms with E-state index in [0.29, 0.717) is 30.3 Å². The minimum atomic E-state index is -1.75. The zero-order valence-electron chi connectivity index (χ0n) is 16.1. The third kappa shape index (κ3) is 5.35. The van der Waals surface area contributed by atoms with Crippen LogP contribution in [0.1, 0.15) is 56.3 Å². The normalized spacial score (nSPS) is 16.0.